The first-order valence-corrected chi connectivity index (χ1v) is 9.57. The molecule has 0 fully saturated rings. The van der Waals surface area contributed by atoms with E-state index in [1.165, 1.54) is 12.1 Å². The normalized spacial score (nSPS) is 13.5. The molecule has 1 atom stereocenters. The number of hydrogen-bond donors (Lipinski definition) is 2. The van der Waals surface area contributed by atoms with Crippen LogP contribution in [0.4, 0.5) is 18.3 Å². The number of halogens is 3. The number of carbonyl (C=O) groups is 2. The number of carbonyl (C=O) groups excluding carboxylic acids is 2. The molecule has 2 aromatic carbocycles. The maximum Gasteiger partial charge on any atom is 0.442 e. The van der Waals surface area contributed by atoms with Gasteiger partial charge in [0, 0.05) is 5.56 Å². The number of fused-ring (bicyclic) bond motifs is 1. The highest BCUT2D eigenvalue weighted by atomic mass is 32.1. The van der Waals surface area contributed by atoms with Crippen LogP contribution in [-0.2, 0) is 9.53 Å². The van der Waals surface area contributed by atoms with E-state index < -0.39 is 23.7 Å². The van der Waals surface area contributed by atoms with Crippen molar-refractivity contribution in [1.82, 2.24) is 10.3 Å². The number of aryl methyl sites for hydroxylation is 2. The molecule has 0 saturated carbocycles. The minimum absolute atomic E-state index is 0.0416. The third kappa shape index (κ3) is 3.95. The van der Waals surface area contributed by atoms with Crippen molar-refractivity contribution in [3.8, 4) is 0 Å². The first-order valence-electron chi connectivity index (χ1n) is 8.76. The molecule has 0 saturated heterocycles. The summed E-state index contributed by atoms with van der Waals surface area (Å²) in [7, 11) is 0.811. The van der Waals surface area contributed by atoms with Crippen molar-refractivity contribution in [1.29, 1.82) is 0 Å². The number of methoxy groups -OCH3 is 1. The molecule has 2 N–H and O–H groups in total. The van der Waals surface area contributed by atoms with E-state index in [0.717, 1.165) is 29.6 Å². The number of alkyl halides is 3. The van der Waals surface area contributed by atoms with Crippen LogP contribution in [0.5, 0.6) is 0 Å². The van der Waals surface area contributed by atoms with Gasteiger partial charge in [0.15, 0.2) is 5.13 Å². The van der Waals surface area contributed by atoms with Gasteiger partial charge in [0.1, 0.15) is 0 Å². The Balaban J connectivity index is 2.06. The summed E-state index contributed by atoms with van der Waals surface area (Å²) in [5.41, 5.74) is -1.48. The Morgan fingerprint density at radius 2 is 1.73 bits per heavy atom. The van der Waals surface area contributed by atoms with Crippen LogP contribution < -0.4 is 10.6 Å². The van der Waals surface area contributed by atoms with Crippen molar-refractivity contribution in [3.63, 3.8) is 0 Å². The molecule has 0 bridgehead atoms. The van der Waals surface area contributed by atoms with Gasteiger partial charge >= 0.3 is 17.8 Å². The van der Waals surface area contributed by atoms with Crippen LogP contribution in [0, 0.1) is 13.8 Å². The molecule has 158 valence electrons. The van der Waals surface area contributed by atoms with Crippen molar-refractivity contribution in [2.75, 3.05) is 12.4 Å². The molecule has 3 rings (SSSR count). The Morgan fingerprint density at radius 1 is 1.07 bits per heavy atom. The summed E-state index contributed by atoms with van der Waals surface area (Å²) >= 11 is 0.926. The molecule has 10 heteroatoms. The minimum atomic E-state index is -5.23. The van der Waals surface area contributed by atoms with Crippen LogP contribution in [0.2, 0.25) is 0 Å². The molecule has 6 nitrogen and oxygen atoms in total. The highest BCUT2D eigenvalue weighted by molar-refractivity contribution is 7.22. The summed E-state index contributed by atoms with van der Waals surface area (Å²) in [5.74, 6) is -2.81. The number of nitrogens with zero attached hydrogens (tertiary/aromatic N) is 1. The molecule has 1 unspecified atom stereocenters. The number of nitrogens with one attached hydrogen (secondary N) is 2. The Hall–Kier alpha value is -3.14. The Morgan fingerprint density at radius 3 is 2.30 bits per heavy atom. The standard InChI is InChI=1S/C20H18F3N3O3S/c1-11-7-9-13(10-8-11)16(27)25-19(17(28)29-3,20(21,22)23)26-18-24-15-12(2)5-4-6-14(15)30-18/h4-10H,1-3H3,(H,24,26)(H,25,27). The van der Waals surface area contributed by atoms with Crippen LogP contribution in [-0.4, -0.2) is 35.8 Å². The Labute approximate surface area is 174 Å². The van der Waals surface area contributed by atoms with Gasteiger partial charge in [-0.05, 0) is 37.6 Å². The smallest absolute Gasteiger partial charge is 0.442 e. The van der Waals surface area contributed by atoms with E-state index in [2.05, 4.69) is 15.0 Å². The lowest BCUT2D eigenvalue weighted by Gasteiger charge is -2.34. The summed E-state index contributed by atoms with van der Waals surface area (Å²) in [4.78, 5) is 29.1. The number of amides is 1. The van der Waals surface area contributed by atoms with Crippen LogP contribution in [0.15, 0.2) is 42.5 Å². The number of ether oxygens (including phenoxy) is 1. The number of thiazole rings is 1. The summed E-state index contributed by atoms with van der Waals surface area (Å²) in [6.07, 6.45) is -5.23. The van der Waals surface area contributed by atoms with Gasteiger partial charge in [-0.3, -0.25) is 4.79 Å². The zero-order chi connectivity index (χ0) is 22.1. The molecule has 1 heterocycles. The van der Waals surface area contributed by atoms with Crippen LogP contribution >= 0.6 is 11.3 Å². The van der Waals surface area contributed by atoms with Gasteiger partial charge in [0.25, 0.3) is 5.91 Å². The molecular weight excluding hydrogens is 419 g/mol. The molecule has 1 aromatic heterocycles. The number of anilines is 1. The minimum Gasteiger partial charge on any atom is -0.466 e. The summed E-state index contributed by atoms with van der Waals surface area (Å²) in [5, 5.41) is 3.68. The van der Waals surface area contributed by atoms with Gasteiger partial charge in [-0.2, -0.15) is 13.2 Å². The molecule has 0 spiro atoms. The average molecular weight is 437 g/mol. The molecule has 1 amide bonds. The SMILES string of the molecule is COC(=O)C(NC(=O)c1ccc(C)cc1)(Nc1nc2c(C)cccc2s1)C(F)(F)F. The number of esters is 1. The van der Waals surface area contributed by atoms with E-state index in [9.17, 15) is 22.8 Å². The fourth-order valence-corrected chi connectivity index (χ4v) is 3.79. The van der Waals surface area contributed by atoms with E-state index >= 15 is 0 Å². The van der Waals surface area contributed by atoms with Gasteiger partial charge in [0.05, 0.1) is 17.3 Å². The number of hydrogen-bond acceptors (Lipinski definition) is 6. The van der Waals surface area contributed by atoms with Crippen molar-refractivity contribution in [3.05, 3.63) is 59.2 Å². The van der Waals surface area contributed by atoms with Gasteiger partial charge in [-0.25, -0.2) is 9.78 Å². The molecular formula is C20H18F3N3O3S. The lowest BCUT2D eigenvalue weighted by molar-refractivity contribution is -0.203. The van der Waals surface area contributed by atoms with Crippen LogP contribution in [0.25, 0.3) is 10.2 Å². The number of aromatic nitrogens is 1. The first kappa shape index (κ1) is 21.6. The summed E-state index contributed by atoms with van der Waals surface area (Å²) in [6, 6.07) is 11.1. The van der Waals surface area contributed by atoms with Crippen molar-refractivity contribution >= 4 is 38.6 Å². The van der Waals surface area contributed by atoms with Gasteiger partial charge < -0.3 is 15.4 Å². The van der Waals surface area contributed by atoms with Gasteiger partial charge in [-0.1, -0.05) is 41.2 Å². The van der Waals surface area contributed by atoms with E-state index in [1.54, 1.807) is 49.5 Å². The van der Waals surface area contributed by atoms with E-state index in [-0.39, 0.29) is 10.7 Å². The quantitative estimate of drug-likeness (QED) is 0.462. The summed E-state index contributed by atoms with van der Waals surface area (Å²) in [6.45, 7) is 3.54. The summed E-state index contributed by atoms with van der Waals surface area (Å²) < 4.78 is 47.6. The third-order valence-electron chi connectivity index (χ3n) is 4.45. The molecule has 0 aliphatic rings. The lowest BCUT2D eigenvalue weighted by Crippen LogP contribution is -2.69. The molecule has 30 heavy (non-hydrogen) atoms. The monoisotopic (exact) mass is 437 g/mol. The van der Waals surface area contributed by atoms with Crippen molar-refractivity contribution < 1.29 is 27.5 Å². The molecule has 3 aromatic rings. The van der Waals surface area contributed by atoms with Crippen LogP contribution in [0.3, 0.4) is 0 Å². The number of rotatable bonds is 5. The number of para-hydroxylation sites is 1. The fraction of sp³-hybridized carbons (Fsp3) is 0.250. The van der Waals surface area contributed by atoms with E-state index in [1.807, 2.05) is 0 Å². The second kappa shape index (κ2) is 7.94. The van der Waals surface area contributed by atoms with Crippen molar-refractivity contribution in [2.24, 2.45) is 0 Å². The number of benzene rings is 2. The maximum atomic E-state index is 14.2. The van der Waals surface area contributed by atoms with Gasteiger partial charge in [-0.15, -0.1) is 0 Å². The van der Waals surface area contributed by atoms with Crippen molar-refractivity contribution in [2.45, 2.75) is 25.7 Å². The first-order chi connectivity index (χ1) is 14.1. The fourth-order valence-electron chi connectivity index (χ4n) is 2.79. The largest absolute Gasteiger partial charge is 0.466 e. The Bertz CT molecular complexity index is 1100. The second-order valence-electron chi connectivity index (χ2n) is 6.63. The third-order valence-corrected chi connectivity index (χ3v) is 5.38. The van der Waals surface area contributed by atoms with Crippen LogP contribution in [0.1, 0.15) is 21.5 Å². The Kier molecular flexibility index (Phi) is 5.71. The van der Waals surface area contributed by atoms with E-state index in [4.69, 9.17) is 0 Å². The molecule has 0 aliphatic carbocycles. The zero-order valence-electron chi connectivity index (χ0n) is 16.3. The zero-order valence-corrected chi connectivity index (χ0v) is 17.1. The maximum absolute atomic E-state index is 14.2. The lowest BCUT2D eigenvalue weighted by atomic mass is 10.1. The average Bonchev–Trinajstić information content (AvgIpc) is 3.10. The predicted molar refractivity (Wildman–Crippen MR) is 107 cm³/mol. The predicted octanol–water partition coefficient (Wildman–Crippen LogP) is 4.19. The molecule has 0 aliphatic heterocycles. The van der Waals surface area contributed by atoms with Gasteiger partial charge in [0.2, 0.25) is 0 Å². The highest BCUT2D eigenvalue weighted by Crippen LogP contribution is 2.36. The second-order valence-corrected chi connectivity index (χ2v) is 7.66. The van der Waals surface area contributed by atoms with E-state index in [0.29, 0.717) is 10.2 Å². The molecule has 0 radical (unpaired) electrons. The topological polar surface area (TPSA) is 80.3 Å². The highest BCUT2D eigenvalue weighted by Gasteiger charge is 2.64.